The first-order valence-corrected chi connectivity index (χ1v) is 10.3. The summed E-state index contributed by atoms with van der Waals surface area (Å²) in [5.74, 6) is 0.479. The van der Waals surface area contributed by atoms with E-state index in [1.165, 1.54) is 0 Å². The number of methoxy groups -OCH3 is 1. The Kier molecular flexibility index (Phi) is 5.87. The molecule has 0 aromatic carbocycles. The maximum absolute atomic E-state index is 12.9. The van der Waals surface area contributed by atoms with E-state index < -0.39 is 0 Å². The number of hydrogen-bond acceptors (Lipinski definition) is 7. The predicted molar refractivity (Wildman–Crippen MR) is 116 cm³/mol. The van der Waals surface area contributed by atoms with Crippen molar-refractivity contribution >= 4 is 17.2 Å². The van der Waals surface area contributed by atoms with E-state index in [0.29, 0.717) is 55.1 Å². The molecule has 0 saturated carbocycles. The van der Waals surface area contributed by atoms with Crippen molar-refractivity contribution in [1.29, 1.82) is 5.26 Å². The van der Waals surface area contributed by atoms with Crippen LogP contribution in [0.5, 0.6) is 5.75 Å². The van der Waals surface area contributed by atoms with Crippen molar-refractivity contribution in [3.63, 3.8) is 0 Å². The second-order valence-electron chi connectivity index (χ2n) is 7.65. The summed E-state index contributed by atoms with van der Waals surface area (Å²) in [6.45, 7) is 3.63. The summed E-state index contributed by atoms with van der Waals surface area (Å²) in [5.41, 5.74) is 5.29. The fraction of sp³-hybridized carbons (Fsp3) is 0.391. The second kappa shape index (κ2) is 8.74. The van der Waals surface area contributed by atoms with E-state index in [2.05, 4.69) is 16.4 Å². The number of amides is 1. The molecule has 4 rings (SSSR count). The van der Waals surface area contributed by atoms with Gasteiger partial charge in [0, 0.05) is 56.1 Å². The summed E-state index contributed by atoms with van der Waals surface area (Å²) in [6, 6.07) is 5.91. The third-order valence-corrected chi connectivity index (χ3v) is 5.58. The van der Waals surface area contributed by atoms with Crippen molar-refractivity contribution in [2.45, 2.75) is 25.9 Å². The zero-order chi connectivity index (χ0) is 22.0. The van der Waals surface area contributed by atoms with E-state index in [9.17, 15) is 10.1 Å². The molecule has 1 atom stereocenters. The number of nitrogens with zero attached hydrogens (tertiary/aromatic N) is 4. The Morgan fingerprint density at radius 3 is 3.00 bits per heavy atom. The molecule has 1 fully saturated rings. The zero-order valence-corrected chi connectivity index (χ0v) is 17.9. The van der Waals surface area contributed by atoms with Gasteiger partial charge in [-0.05, 0) is 19.1 Å². The summed E-state index contributed by atoms with van der Waals surface area (Å²) in [4.78, 5) is 23.9. The Morgan fingerprint density at radius 1 is 1.45 bits per heavy atom. The highest BCUT2D eigenvalue weighted by Crippen LogP contribution is 2.33. The van der Waals surface area contributed by atoms with Crippen LogP contribution in [0.4, 0.5) is 5.69 Å². The van der Waals surface area contributed by atoms with Gasteiger partial charge < -0.3 is 19.7 Å². The lowest BCUT2D eigenvalue weighted by atomic mass is 10.0. The first kappa shape index (κ1) is 20.8. The molecule has 8 nitrogen and oxygen atoms in total. The standard InChI is InChI=1S/C23H25N5O3/c1-14-13-28(6-7-31-14)23(29)16-8-21(30-3)19(26-12-16)9-17-10-20(25-2)22-15(11-24)4-5-18(22)27-17/h4,8,10,12,14H,5-7,9,13H2,1-3H3,(H,25,27)/t14-/m1/s1. The van der Waals surface area contributed by atoms with E-state index in [1.54, 1.807) is 24.3 Å². The number of ether oxygens (including phenoxy) is 2. The molecule has 31 heavy (non-hydrogen) atoms. The van der Waals surface area contributed by atoms with Gasteiger partial charge in [-0.2, -0.15) is 5.26 Å². The van der Waals surface area contributed by atoms with E-state index in [-0.39, 0.29) is 12.0 Å². The minimum atomic E-state index is -0.0734. The summed E-state index contributed by atoms with van der Waals surface area (Å²) in [6.07, 6.45) is 4.61. The second-order valence-corrected chi connectivity index (χ2v) is 7.65. The maximum Gasteiger partial charge on any atom is 0.255 e. The molecule has 0 bridgehead atoms. The number of pyridine rings is 2. The molecular formula is C23H25N5O3. The fourth-order valence-electron chi connectivity index (χ4n) is 4.05. The van der Waals surface area contributed by atoms with Gasteiger partial charge in [-0.15, -0.1) is 0 Å². The Labute approximate surface area is 181 Å². The van der Waals surface area contributed by atoms with Gasteiger partial charge in [0.25, 0.3) is 5.91 Å². The maximum atomic E-state index is 12.9. The topological polar surface area (TPSA) is 100 Å². The van der Waals surface area contributed by atoms with Crippen molar-refractivity contribution in [3.05, 3.63) is 52.6 Å². The Morgan fingerprint density at radius 2 is 2.29 bits per heavy atom. The quantitative estimate of drug-likeness (QED) is 0.794. The van der Waals surface area contributed by atoms with Crippen LogP contribution in [-0.4, -0.2) is 60.7 Å². The van der Waals surface area contributed by atoms with Gasteiger partial charge in [0.1, 0.15) is 5.75 Å². The average molecular weight is 419 g/mol. The number of aromatic nitrogens is 2. The highest BCUT2D eigenvalue weighted by Gasteiger charge is 2.24. The molecule has 160 valence electrons. The minimum Gasteiger partial charge on any atom is -0.495 e. The normalized spacial score (nSPS) is 17.5. The third-order valence-electron chi connectivity index (χ3n) is 5.58. The number of fused-ring (bicyclic) bond motifs is 1. The van der Waals surface area contributed by atoms with E-state index in [0.717, 1.165) is 22.6 Å². The largest absolute Gasteiger partial charge is 0.495 e. The Bertz CT molecular complexity index is 1090. The summed E-state index contributed by atoms with van der Waals surface area (Å²) in [5, 5.41) is 12.5. The smallest absolute Gasteiger partial charge is 0.255 e. The van der Waals surface area contributed by atoms with Crippen LogP contribution in [0.2, 0.25) is 0 Å². The lowest BCUT2D eigenvalue weighted by Crippen LogP contribution is -2.44. The monoisotopic (exact) mass is 419 g/mol. The number of nitriles is 1. The molecule has 0 radical (unpaired) electrons. The fourth-order valence-corrected chi connectivity index (χ4v) is 4.05. The van der Waals surface area contributed by atoms with Crippen LogP contribution in [0.3, 0.4) is 0 Å². The Hall–Kier alpha value is -3.44. The summed E-state index contributed by atoms with van der Waals surface area (Å²) < 4.78 is 11.1. The lowest BCUT2D eigenvalue weighted by Gasteiger charge is -2.31. The third kappa shape index (κ3) is 4.09. The van der Waals surface area contributed by atoms with Crippen molar-refractivity contribution in [2.75, 3.05) is 39.2 Å². The number of carbonyl (C=O) groups excluding carboxylic acids is 1. The number of rotatable bonds is 5. The lowest BCUT2D eigenvalue weighted by molar-refractivity contribution is -0.0124. The summed E-state index contributed by atoms with van der Waals surface area (Å²) in [7, 11) is 3.41. The SMILES string of the molecule is CNc1cc(Cc2ncc(C(=O)N3CCO[C@H](C)C3)cc2OC)nc2c1C(C#N)=CC2. The highest BCUT2D eigenvalue weighted by atomic mass is 16.5. The van der Waals surface area contributed by atoms with Crippen LogP contribution in [0.15, 0.2) is 24.4 Å². The van der Waals surface area contributed by atoms with Gasteiger partial charge in [-0.3, -0.25) is 14.8 Å². The summed E-state index contributed by atoms with van der Waals surface area (Å²) >= 11 is 0. The van der Waals surface area contributed by atoms with Crippen molar-refractivity contribution in [1.82, 2.24) is 14.9 Å². The van der Waals surface area contributed by atoms with Crippen LogP contribution in [-0.2, 0) is 17.6 Å². The van der Waals surface area contributed by atoms with Gasteiger partial charge in [0.2, 0.25) is 0 Å². The molecule has 2 aromatic rings. The molecule has 0 unspecified atom stereocenters. The number of anilines is 1. The molecule has 1 N–H and O–H groups in total. The number of hydrogen-bond donors (Lipinski definition) is 1. The first-order chi connectivity index (χ1) is 15.0. The van der Waals surface area contributed by atoms with E-state index in [4.69, 9.17) is 14.5 Å². The number of nitrogens with one attached hydrogen (secondary N) is 1. The molecule has 0 spiro atoms. The molecular weight excluding hydrogens is 394 g/mol. The molecule has 8 heteroatoms. The molecule has 1 aliphatic heterocycles. The van der Waals surface area contributed by atoms with Gasteiger partial charge in [-0.25, -0.2) is 0 Å². The van der Waals surface area contributed by atoms with Crippen LogP contribution in [0, 0.1) is 11.3 Å². The van der Waals surface area contributed by atoms with Crippen LogP contribution < -0.4 is 10.1 Å². The van der Waals surface area contributed by atoms with Gasteiger partial charge in [-0.1, -0.05) is 6.08 Å². The molecule has 3 heterocycles. The number of carbonyl (C=O) groups is 1. The molecule has 1 aliphatic carbocycles. The Balaban J connectivity index is 1.59. The van der Waals surface area contributed by atoms with Crippen molar-refractivity contribution in [2.24, 2.45) is 0 Å². The van der Waals surface area contributed by atoms with Crippen molar-refractivity contribution in [3.8, 4) is 11.8 Å². The van der Waals surface area contributed by atoms with Crippen LogP contribution >= 0.6 is 0 Å². The predicted octanol–water partition coefficient (Wildman–Crippen LogP) is 2.44. The van der Waals surface area contributed by atoms with Crippen molar-refractivity contribution < 1.29 is 14.3 Å². The number of morpholine rings is 1. The number of allylic oxidation sites excluding steroid dienone is 2. The van der Waals surface area contributed by atoms with Crippen LogP contribution in [0.1, 0.15) is 39.9 Å². The zero-order valence-electron chi connectivity index (χ0n) is 17.9. The molecule has 1 saturated heterocycles. The van der Waals surface area contributed by atoms with Gasteiger partial charge >= 0.3 is 0 Å². The molecule has 1 amide bonds. The first-order valence-electron chi connectivity index (χ1n) is 10.3. The minimum absolute atomic E-state index is 0.0233. The highest BCUT2D eigenvalue weighted by molar-refractivity contribution is 5.94. The van der Waals surface area contributed by atoms with Gasteiger partial charge in [0.15, 0.2) is 0 Å². The average Bonchev–Trinajstić information content (AvgIpc) is 3.21. The molecule has 2 aromatic heterocycles. The van der Waals surface area contributed by atoms with Crippen LogP contribution in [0.25, 0.3) is 5.57 Å². The molecule has 2 aliphatic rings. The van der Waals surface area contributed by atoms with E-state index >= 15 is 0 Å². The van der Waals surface area contributed by atoms with Gasteiger partial charge in [0.05, 0.1) is 48.4 Å². The van der Waals surface area contributed by atoms with E-state index in [1.807, 2.05) is 26.1 Å².